The molecule has 0 aromatic heterocycles. The van der Waals surface area contributed by atoms with Gasteiger partial charge < -0.3 is 39.0 Å². The molecule has 1 heterocycles. The maximum absolute atomic E-state index is 13.0. The Hall–Kier alpha value is -3.03. The number of carbonyl (C=O) groups excluding carboxylic acids is 5. The van der Waals surface area contributed by atoms with Crippen LogP contribution in [0.4, 0.5) is 0 Å². The van der Waals surface area contributed by atoms with Crippen molar-refractivity contribution in [3.63, 3.8) is 0 Å². The van der Waals surface area contributed by atoms with Gasteiger partial charge in [-0.05, 0) is 25.8 Å². The molecule has 1 saturated heterocycles. The Morgan fingerprint density at radius 2 is 1.41 bits per heavy atom. The first-order valence-corrected chi connectivity index (χ1v) is 13.5. The fourth-order valence-corrected chi connectivity index (χ4v) is 6.88. The summed E-state index contributed by atoms with van der Waals surface area (Å²) in [6.45, 7) is 10.2. The molecule has 1 saturated carbocycles. The maximum atomic E-state index is 13.0. The predicted molar refractivity (Wildman–Crippen MR) is 137 cm³/mol. The van der Waals surface area contributed by atoms with E-state index in [1.165, 1.54) is 6.08 Å². The van der Waals surface area contributed by atoms with Crippen LogP contribution in [0.3, 0.4) is 0 Å². The van der Waals surface area contributed by atoms with E-state index < -0.39 is 94.9 Å². The first-order valence-electron chi connectivity index (χ1n) is 13.5. The largest absolute Gasteiger partial charge is 0.462 e. The highest BCUT2D eigenvalue weighted by Gasteiger charge is 2.74. The molecule has 0 aromatic carbocycles. The number of ether oxygens (including phenoxy) is 5. The summed E-state index contributed by atoms with van der Waals surface area (Å²) in [5, 5.41) is 35.0. The van der Waals surface area contributed by atoms with Crippen molar-refractivity contribution in [2.45, 2.75) is 116 Å². The second-order valence-corrected chi connectivity index (χ2v) is 11.8. The molecular weight excluding hydrogens is 544 g/mol. The second kappa shape index (κ2) is 11.3. The molecular formula is C28H40O13. The summed E-state index contributed by atoms with van der Waals surface area (Å²) < 4.78 is 28.3. The lowest BCUT2D eigenvalue weighted by atomic mass is 9.52. The van der Waals surface area contributed by atoms with Crippen molar-refractivity contribution in [2.75, 3.05) is 0 Å². The molecule has 3 aliphatic rings. The molecule has 3 rings (SSSR count). The molecule has 3 N–H and O–H groups in total. The molecule has 13 nitrogen and oxygen atoms in total. The first kappa shape index (κ1) is 32.5. The molecule has 13 heteroatoms. The summed E-state index contributed by atoms with van der Waals surface area (Å²) in [5.74, 6) is -6.53. The van der Waals surface area contributed by atoms with Gasteiger partial charge in [0.1, 0.15) is 24.4 Å². The van der Waals surface area contributed by atoms with Crippen LogP contribution in [0, 0.1) is 17.3 Å². The number of hydrogen-bond donors (Lipinski definition) is 3. The zero-order valence-electron chi connectivity index (χ0n) is 24.5. The van der Waals surface area contributed by atoms with Crippen LogP contribution in [-0.4, -0.2) is 93.0 Å². The van der Waals surface area contributed by atoms with E-state index in [0.717, 1.165) is 34.6 Å². The second-order valence-electron chi connectivity index (χ2n) is 11.8. The molecule has 0 radical (unpaired) electrons. The van der Waals surface area contributed by atoms with Gasteiger partial charge in [0.05, 0.1) is 11.5 Å². The summed E-state index contributed by atoms with van der Waals surface area (Å²) in [6.07, 6.45) is -7.32. The van der Waals surface area contributed by atoms with Crippen molar-refractivity contribution in [3.05, 3.63) is 11.6 Å². The van der Waals surface area contributed by atoms with Gasteiger partial charge in [-0.3, -0.25) is 19.2 Å². The number of hydrogen-bond acceptors (Lipinski definition) is 13. The van der Waals surface area contributed by atoms with E-state index in [2.05, 4.69) is 0 Å². The SMILES string of the molecule is CC(=O)O[C@H]1C[C@H](O)[C@H](C)[C@@H]2[C@@H](OC(C)=O)[C@]3(O)[C@H](/C=C(/C)C[C@@H](OC(C)=O)[C@H](OC(C)=O)[C@]21C)OC(=O)[C@]3(C)O. The van der Waals surface area contributed by atoms with Crippen molar-refractivity contribution < 1.29 is 63.0 Å². The summed E-state index contributed by atoms with van der Waals surface area (Å²) in [6, 6.07) is 0. The van der Waals surface area contributed by atoms with E-state index in [-0.39, 0.29) is 12.8 Å². The number of fused-ring (bicyclic) bond motifs is 2. The van der Waals surface area contributed by atoms with Crippen LogP contribution >= 0.6 is 0 Å². The van der Waals surface area contributed by atoms with Gasteiger partial charge in [-0.2, -0.15) is 0 Å². The fourth-order valence-electron chi connectivity index (χ4n) is 6.88. The van der Waals surface area contributed by atoms with Gasteiger partial charge in [0, 0.05) is 46.5 Å². The summed E-state index contributed by atoms with van der Waals surface area (Å²) in [5.41, 5.74) is -6.52. The molecule has 0 amide bonds. The minimum Gasteiger partial charge on any atom is -0.462 e. The highest BCUT2D eigenvalue weighted by atomic mass is 16.6. The Morgan fingerprint density at radius 3 is 1.93 bits per heavy atom. The maximum Gasteiger partial charge on any atom is 0.341 e. The molecule has 2 fully saturated rings. The lowest BCUT2D eigenvalue weighted by Gasteiger charge is -2.59. The van der Waals surface area contributed by atoms with Gasteiger partial charge in [-0.1, -0.05) is 19.4 Å². The van der Waals surface area contributed by atoms with Gasteiger partial charge in [0.2, 0.25) is 0 Å². The smallest absolute Gasteiger partial charge is 0.341 e. The topological polar surface area (TPSA) is 192 Å². The van der Waals surface area contributed by atoms with Gasteiger partial charge in [0.25, 0.3) is 0 Å². The van der Waals surface area contributed by atoms with Gasteiger partial charge in [-0.15, -0.1) is 0 Å². The van der Waals surface area contributed by atoms with Crippen LogP contribution in [0.1, 0.15) is 68.2 Å². The number of esters is 5. The molecule has 0 aromatic rings. The molecule has 230 valence electrons. The summed E-state index contributed by atoms with van der Waals surface area (Å²) in [7, 11) is 0. The molecule has 1 aliphatic heterocycles. The van der Waals surface area contributed by atoms with Crippen LogP contribution < -0.4 is 0 Å². The van der Waals surface area contributed by atoms with Crippen LogP contribution in [0.15, 0.2) is 11.6 Å². The molecule has 0 bridgehead atoms. The van der Waals surface area contributed by atoms with Crippen molar-refractivity contribution in [1.29, 1.82) is 0 Å². The third-order valence-corrected chi connectivity index (χ3v) is 8.77. The third kappa shape index (κ3) is 5.59. The van der Waals surface area contributed by atoms with Crippen LogP contribution in [0.5, 0.6) is 0 Å². The Labute approximate surface area is 238 Å². The van der Waals surface area contributed by atoms with Crippen molar-refractivity contribution in [1.82, 2.24) is 0 Å². The monoisotopic (exact) mass is 584 g/mol. The number of aliphatic hydroxyl groups excluding tert-OH is 1. The lowest BCUT2D eigenvalue weighted by molar-refractivity contribution is -0.271. The Bertz CT molecular complexity index is 1130. The molecule has 0 spiro atoms. The number of carbonyl (C=O) groups is 5. The van der Waals surface area contributed by atoms with Crippen molar-refractivity contribution >= 4 is 29.8 Å². The number of rotatable bonds is 4. The van der Waals surface area contributed by atoms with Crippen molar-refractivity contribution in [2.24, 2.45) is 17.3 Å². The Balaban J connectivity index is 2.50. The molecule has 11 atom stereocenters. The van der Waals surface area contributed by atoms with E-state index in [0.29, 0.717) is 5.57 Å². The van der Waals surface area contributed by atoms with Crippen LogP contribution in [0.25, 0.3) is 0 Å². The Kier molecular flexibility index (Phi) is 8.98. The summed E-state index contributed by atoms with van der Waals surface area (Å²) >= 11 is 0. The molecule has 0 unspecified atom stereocenters. The van der Waals surface area contributed by atoms with E-state index >= 15 is 0 Å². The van der Waals surface area contributed by atoms with Gasteiger partial charge in [-0.25, -0.2) is 4.79 Å². The Morgan fingerprint density at radius 1 is 0.902 bits per heavy atom. The fraction of sp³-hybridized carbons (Fsp3) is 0.750. The van der Waals surface area contributed by atoms with E-state index in [9.17, 15) is 39.3 Å². The standard InChI is InChI=1S/C28H40O13/c1-12-9-19(37-14(3)29)23(39-16(5)31)26(7)20(38-15(4)30)11-18(33)13(2)22(26)24(40-17(6)32)28(36)21(10-12)41-25(34)27(28,8)35/h10,13,18-24,33,35-36H,9,11H2,1-8H3/b12-10-/t13-,18-,19+,20-,21-,22+,23-,24+,26-,27-,28+/m0/s1. The van der Waals surface area contributed by atoms with E-state index in [1.807, 2.05) is 0 Å². The zero-order valence-corrected chi connectivity index (χ0v) is 24.5. The van der Waals surface area contributed by atoms with Crippen molar-refractivity contribution in [3.8, 4) is 0 Å². The third-order valence-electron chi connectivity index (χ3n) is 8.77. The molecule has 2 aliphatic carbocycles. The highest BCUT2D eigenvalue weighted by Crippen LogP contribution is 2.57. The first-order chi connectivity index (χ1) is 18.8. The average Bonchev–Trinajstić information content (AvgIpc) is 2.98. The van der Waals surface area contributed by atoms with Gasteiger partial charge in [0.15, 0.2) is 17.3 Å². The molecule has 41 heavy (non-hydrogen) atoms. The highest BCUT2D eigenvalue weighted by molar-refractivity contribution is 5.84. The summed E-state index contributed by atoms with van der Waals surface area (Å²) in [4.78, 5) is 62.7. The van der Waals surface area contributed by atoms with E-state index in [1.54, 1.807) is 20.8 Å². The van der Waals surface area contributed by atoms with Crippen LogP contribution in [-0.2, 0) is 47.7 Å². The predicted octanol–water partition coefficient (Wildman–Crippen LogP) is 0.494. The number of aliphatic hydroxyl groups is 3. The average molecular weight is 585 g/mol. The lowest BCUT2D eigenvalue weighted by Crippen LogP contribution is -2.73. The van der Waals surface area contributed by atoms with E-state index in [4.69, 9.17) is 23.7 Å². The normalized spacial score (nSPS) is 43.7. The van der Waals surface area contributed by atoms with Gasteiger partial charge >= 0.3 is 29.8 Å². The zero-order chi connectivity index (χ0) is 31.2. The minimum absolute atomic E-state index is 0.0892. The van der Waals surface area contributed by atoms with Crippen LogP contribution in [0.2, 0.25) is 0 Å². The minimum atomic E-state index is -2.63. The quantitative estimate of drug-likeness (QED) is 0.235.